The van der Waals surface area contributed by atoms with Crippen LogP contribution in [0.25, 0.3) is 0 Å². The Labute approximate surface area is 108 Å². The minimum absolute atomic E-state index is 0.0603. The topological polar surface area (TPSA) is 62.2 Å². The van der Waals surface area contributed by atoms with Gasteiger partial charge < -0.3 is 10.5 Å². The molecule has 1 fully saturated rings. The van der Waals surface area contributed by atoms with Gasteiger partial charge in [0.2, 0.25) is 0 Å². The molecule has 1 aromatic heterocycles. The highest BCUT2D eigenvalue weighted by Crippen LogP contribution is 2.39. The summed E-state index contributed by atoms with van der Waals surface area (Å²) in [5, 5.41) is 0. The molecule has 1 aliphatic rings. The Bertz CT molecular complexity index is 471. The summed E-state index contributed by atoms with van der Waals surface area (Å²) in [5.41, 5.74) is 7.05. The Morgan fingerprint density at radius 2 is 2.17 bits per heavy atom. The third-order valence-electron chi connectivity index (χ3n) is 3.73. The van der Waals surface area contributed by atoms with Crippen LogP contribution in [0.4, 0.5) is 5.69 Å². The number of rotatable bonds is 6. The molecule has 2 rings (SSSR count). The molecule has 1 saturated carbocycles. The van der Waals surface area contributed by atoms with E-state index in [1.54, 1.807) is 7.11 Å². The number of nitrogen functional groups attached to an aromatic ring is 1. The Kier molecular flexibility index (Phi) is 3.80. The predicted octanol–water partition coefficient (Wildman–Crippen LogP) is 1.76. The summed E-state index contributed by atoms with van der Waals surface area (Å²) < 4.78 is 9.02. The van der Waals surface area contributed by atoms with Crippen molar-refractivity contribution >= 4 is 5.69 Å². The van der Waals surface area contributed by atoms with Crippen LogP contribution in [0, 0.1) is 5.92 Å². The van der Waals surface area contributed by atoms with Crippen LogP contribution in [0.2, 0.25) is 0 Å². The number of ether oxygens (including phenoxy) is 1. The minimum Gasteiger partial charge on any atom is -0.393 e. The lowest BCUT2D eigenvalue weighted by molar-refractivity contribution is 0.173. The molecule has 0 saturated heterocycles. The van der Waals surface area contributed by atoms with E-state index in [-0.39, 0.29) is 11.6 Å². The average molecular weight is 253 g/mol. The van der Waals surface area contributed by atoms with Crippen LogP contribution in [0.5, 0.6) is 0 Å². The van der Waals surface area contributed by atoms with Crippen molar-refractivity contribution in [1.82, 2.24) is 9.36 Å². The number of hydrogen-bond donors (Lipinski definition) is 1. The van der Waals surface area contributed by atoms with Gasteiger partial charge in [-0.05, 0) is 32.1 Å². The lowest BCUT2D eigenvalue weighted by Crippen LogP contribution is -2.28. The maximum atomic E-state index is 12.3. The molecule has 0 amide bonds. The van der Waals surface area contributed by atoms with E-state index in [1.165, 1.54) is 12.8 Å². The first-order valence-electron chi connectivity index (χ1n) is 6.70. The zero-order valence-corrected chi connectivity index (χ0v) is 11.5. The highest BCUT2D eigenvalue weighted by molar-refractivity contribution is 5.41. The fourth-order valence-corrected chi connectivity index (χ4v) is 2.55. The van der Waals surface area contributed by atoms with E-state index in [0.717, 1.165) is 18.7 Å². The molecule has 0 spiro atoms. The van der Waals surface area contributed by atoms with Gasteiger partial charge in [0.1, 0.15) is 5.69 Å². The second kappa shape index (κ2) is 5.18. The Morgan fingerprint density at radius 1 is 1.50 bits per heavy atom. The molecule has 18 heavy (non-hydrogen) atoms. The van der Waals surface area contributed by atoms with Gasteiger partial charge in [-0.2, -0.15) is 0 Å². The summed E-state index contributed by atoms with van der Waals surface area (Å²) in [7, 11) is 1.63. The fourth-order valence-electron chi connectivity index (χ4n) is 2.55. The summed E-state index contributed by atoms with van der Waals surface area (Å²) in [6.45, 7) is 5.41. The number of nitrogens with two attached hydrogens (primary N) is 1. The molecule has 0 radical (unpaired) electrons. The monoisotopic (exact) mass is 253 g/mol. The van der Waals surface area contributed by atoms with Crippen molar-refractivity contribution in [2.24, 2.45) is 5.92 Å². The first kappa shape index (κ1) is 13.2. The van der Waals surface area contributed by atoms with Crippen LogP contribution in [-0.2, 0) is 17.9 Å². The van der Waals surface area contributed by atoms with Crippen molar-refractivity contribution in [1.29, 1.82) is 0 Å². The van der Waals surface area contributed by atoms with E-state index in [4.69, 9.17) is 10.5 Å². The highest BCUT2D eigenvalue weighted by Gasteiger charge is 2.32. The molecule has 1 unspecified atom stereocenters. The predicted molar refractivity (Wildman–Crippen MR) is 71.5 cm³/mol. The highest BCUT2D eigenvalue weighted by atomic mass is 16.5. The maximum absolute atomic E-state index is 12.3. The van der Waals surface area contributed by atoms with Crippen LogP contribution >= 0.6 is 0 Å². The molecular formula is C13H23N3O2. The summed E-state index contributed by atoms with van der Waals surface area (Å²) in [6, 6.07) is 0.233. The number of anilines is 1. The van der Waals surface area contributed by atoms with Gasteiger partial charge in [0.25, 0.3) is 5.56 Å². The molecule has 1 heterocycles. The molecule has 1 aromatic rings. The fraction of sp³-hybridized carbons (Fsp3) is 0.769. The molecule has 0 aliphatic heterocycles. The van der Waals surface area contributed by atoms with Gasteiger partial charge >= 0.3 is 0 Å². The third-order valence-corrected chi connectivity index (χ3v) is 3.73. The summed E-state index contributed by atoms with van der Waals surface area (Å²) >= 11 is 0. The third kappa shape index (κ3) is 2.19. The Morgan fingerprint density at radius 3 is 2.67 bits per heavy atom. The summed E-state index contributed by atoms with van der Waals surface area (Å²) in [5.74, 6) is 0.628. The molecular weight excluding hydrogens is 230 g/mol. The van der Waals surface area contributed by atoms with Gasteiger partial charge in [0.15, 0.2) is 0 Å². The first-order chi connectivity index (χ1) is 8.61. The number of hydrogen-bond acceptors (Lipinski definition) is 3. The number of methoxy groups -OCH3 is 1. The van der Waals surface area contributed by atoms with Crippen LogP contribution in [0.1, 0.15) is 44.8 Å². The van der Waals surface area contributed by atoms with Crippen LogP contribution in [0.3, 0.4) is 0 Å². The van der Waals surface area contributed by atoms with Crippen LogP contribution in [0.15, 0.2) is 4.79 Å². The second-order valence-corrected chi connectivity index (χ2v) is 5.14. The number of nitrogens with zero attached hydrogens (tertiary/aromatic N) is 2. The SMILES string of the molecule is CCCn1c(COC)c(N)c(=O)n1C(C)C1CC1. The van der Waals surface area contributed by atoms with E-state index in [1.807, 2.05) is 9.36 Å². The second-order valence-electron chi connectivity index (χ2n) is 5.14. The minimum atomic E-state index is -0.0603. The quantitative estimate of drug-likeness (QED) is 0.840. The lowest BCUT2D eigenvalue weighted by Gasteiger charge is -2.19. The standard InChI is InChI=1S/C13H23N3O2/c1-4-7-15-11(8-18-3)12(14)13(17)16(15)9(2)10-5-6-10/h9-10H,4-8,14H2,1-3H3. The summed E-state index contributed by atoms with van der Waals surface area (Å²) in [4.78, 5) is 12.3. The first-order valence-corrected chi connectivity index (χ1v) is 6.70. The van der Waals surface area contributed by atoms with Gasteiger partial charge in [-0.1, -0.05) is 6.92 Å². The molecule has 0 bridgehead atoms. The van der Waals surface area contributed by atoms with E-state index in [9.17, 15) is 4.79 Å². The normalized spacial score (nSPS) is 17.1. The molecule has 5 nitrogen and oxygen atoms in total. The molecule has 5 heteroatoms. The van der Waals surface area contributed by atoms with Crippen molar-refractivity contribution in [2.75, 3.05) is 12.8 Å². The molecule has 0 aromatic carbocycles. The molecule has 102 valence electrons. The van der Waals surface area contributed by atoms with Crippen molar-refractivity contribution in [2.45, 2.75) is 52.3 Å². The lowest BCUT2D eigenvalue weighted by atomic mass is 10.2. The average Bonchev–Trinajstić information content (AvgIpc) is 3.15. The van der Waals surface area contributed by atoms with E-state index < -0.39 is 0 Å². The maximum Gasteiger partial charge on any atom is 0.290 e. The van der Waals surface area contributed by atoms with E-state index in [0.29, 0.717) is 18.2 Å². The van der Waals surface area contributed by atoms with Crippen LogP contribution < -0.4 is 11.3 Å². The van der Waals surface area contributed by atoms with Crippen LogP contribution in [-0.4, -0.2) is 16.5 Å². The van der Waals surface area contributed by atoms with Crippen molar-refractivity contribution in [3.63, 3.8) is 0 Å². The van der Waals surface area contributed by atoms with Crippen molar-refractivity contribution in [3.05, 3.63) is 16.0 Å². The largest absolute Gasteiger partial charge is 0.393 e. The van der Waals surface area contributed by atoms with Crippen molar-refractivity contribution < 1.29 is 4.74 Å². The molecule has 1 aliphatic carbocycles. The van der Waals surface area contributed by atoms with E-state index >= 15 is 0 Å². The Balaban J connectivity index is 2.48. The number of aromatic nitrogens is 2. The summed E-state index contributed by atoms with van der Waals surface area (Å²) in [6.07, 6.45) is 3.40. The zero-order chi connectivity index (χ0) is 13.3. The van der Waals surface area contributed by atoms with Gasteiger partial charge in [0, 0.05) is 13.7 Å². The molecule has 2 N–H and O–H groups in total. The van der Waals surface area contributed by atoms with Gasteiger partial charge in [-0.15, -0.1) is 0 Å². The smallest absolute Gasteiger partial charge is 0.290 e. The van der Waals surface area contributed by atoms with Gasteiger partial charge in [-0.3, -0.25) is 9.48 Å². The molecule has 1 atom stereocenters. The Hall–Kier alpha value is -1.23. The van der Waals surface area contributed by atoms with Gasteiger partial charge in [0.05, 0.1) is 18.3 Å². The van der Waals surface area contributed by atoms with Gasteiger partial charge in [-0.25, -0.2) is 4.68 Å². The van der Waals surface area contributed by atoms with E-state index in [2.05, 4.69) is 13.8 Å². The zero-order valence-electron chi connectivity index (χ0n) is 11.5. The van der Waals surface area contributed by atoms with Crippen molar-refractivity contribution in [3.8, 4) is 0 Å².